The Balaban J connectivity index is 1.74. The lowest BCUT2D eigenvalue weighted by Gasteiger charge is -2.52. The average molecular weight is 507 g/mol. The second-order valence-electron chi connectivity index (χ2n) is 13.8. The third-order valence-electron chi connectivity index (χ3n) is 9.64. The fraction of sp³-hybridized carbons (Fsp3) is 0.846. The van der Waals surface area contributed by atoms with E-state index in [-0.39, 0.29) is 41.4 Å². The molecule has 3 unspecified atom stereocenters. The van der Waals surface area contributed by atoms with E-state index in [4.69, 9.17) is 18.3 Å². The monoisotopic (exact) mass is 506 g/mol. The van der Waals surface area contributed by atoms with Crippen LogP contribution in [0.15, 0.2) is 12.2 Å². The molecule has 9 atom stereocenters. The molecule has 1 heterocycles. The van der Waals surface area contributed by atoms with Crippen LogP contribution in [-0.2, 0) is 27.9 Å². The van der Waals surface area contributed by atoms with Gasteiger partial charge in [-0.2, -0.15) is 0 Å². The van der Waals surface area contributed by atoms with Gasteiger partial charge in [-0.05, 0) is 83.2 Å². The maximum atomic E-state index is 13.9. The molecule has 4 aliphatic carbocycles. The molecule has 1 aliphatic heterocycles. The number of hydrogen-bond donors (Lipinski definition) is 0. The fourth-order valence-corrected chi connectivity index (χ4v) is 11.2. The zero-order chi connectivity index (χ0) is 25.1. The molecule has 0 N–H and O–H groups in total. The van der Waals surface area contributed by atoms with Gasteiger partial charge in [-0.1, -0.05) is 12.2 Å². The van der Waals surface area contributed by atoms with Crippen LogP contribution in [0, 0.1) is 34.5 Å². The lowest BCUT2D eigenvalue weighted by Crippen LogP contribution is -2.63. The van der Waals surface area contributed by atoms with Crippen molar-refractivity contribution in [1.82, 2.24) is 0 Å². The Labute approximate surface area is 206 Å². The molecule has 6 nitrogen and oxygen atoms in total. The van der Waals surface area contributed by atoms with Gasteiger partial charge in [0.15, 0.2) is 16.6 Å². The summed E-state index contributed by atoms with van der Waals surface area (Å²) in [5.74, 6) is -0.646. The van der Waals surface area contributed by atoms with Gasteiger partial charge in [0.2, 0.25) is 0 Å². The maximum Gasteiger partial charge on any atom is 0.315 e. The Morgan fingerprint density at radius 1 is 1.06 bits per heavy atom. The van der Waals surface area contributed by atoms with Crippen LogP contribution < -0.4 is 0 Å². The predicted octanol–water partition coefficient (Wildman–Crippen LogP) is 4.91. The van der Waals surface area contributed by atoms with E-state index in [1.54, 1.807) is 0 Å². The number of fused-ring (bicyclic) bond motifs is 1. The van der Waals surface area contributed by atoms with E-state index in [9.17, 15) is 9.59 Å². The van der Waals surface area contributed by atoms with E-state index in [1.165, 1.54) is 12.7 Å². The van der Waals surface area contributed by atoms with Gasteiger partial charge in [-0.25, -0.2) is 0 Å². The number of carbonyl (C=O) groups is 2. The lowest BCUT2D eigenvalue weighted by molar-refractivity contribution is -0.174. The Bertz CT molecular complexity index is 937. The first kappa shape index (κ1) is 24.7. The van der Waals surface area contributed by atoms with E-state index in [0.717, 1.165) is 25.7 Å². The van der Waals surface area contributed by atoms with Crippen LogP contribution >= 0.6 is 0 Å². The number of ether oxygens (including phenoxy) is 2. The van der Waals surface area contributed by atoms with Crippen molar-refractivity contribution < 1.29 is 27.9 Å². The number of hydrogen-bond acceptors (Lipinski definition) is 6. The van der Waals surface area contributed by atoms with Crippen LogP contribution in [0.5, 0.6) is 0 Å². The van der Waals surface area contributed by atoms with Gasteiger partial charge >= 0.3 is 11.9 Å². The fourth-order valence-electron chi connectivity index (χ4n) is 8.86. The lowest BCUT2D eigenvalue weighted by atomic mass is 9.58. The van der Waals surface area contributed by atoms with Crippen LogP contribution in [0.4, 0.5) is 0 Å². The Morgan fingerprint density at radius 2 is 1.68 bits per heavy atom. The second-order valence-corrected chi connectivity index (χ2v) is 22.7. The summed E-state index contributed by atoms with van der Waals surface area (Å²) in [7, 11) is -2.53. The molecule has 8 heteroatoms. The van der Waals surface area contributed by atoms with Crippen molar-refractivity contribution in [2.75, 3.05) is 7.11 Å². The number of esters is 2. The molecule has 4 bridgehead atoms. The van der Waals surface area contributed by atoms with Gasteiger partial charge in [-0.15, -0.1) is 0 Å². The van der Waals surface area contributed by atoms with Gasteiger partial charge in [0, 0.05) is 18.3 Å². The molecule has 1 saturated heterocycles. The molecule has 4 saturated carbocycles. The van der Waals surface area contributed by atoms with Crippen LogP contribution in [0.2, 0.25) is 39.3 Å². The molecule has 0 amide bonds. The van der Waals surface area contributed by atoms with Gasteiger partial charge in [0.1, 0.15) is 5.60 Å². The molecule has 5 fully saturated rings. The van der Waals surface area contributed by atoms with Crippen molar-refractivity contribution in [2.45, 2.75) is 96.1 Å². The molecule has 0 aromatic carbocycles. The number of methoxy groups -OCH3 is 1. The van der Waals surface area contributed by atoms with Crippen molar-refractivity contribution in [3.8, 4) is 0 Å². The summed E-state index contributed by atoms with van der Waals surface area (Å²) in [6.45, 7) is 19.5. The normalized spacial score (nSPS) is 47.3. The first-order valence-electron chi connectivity index (χ1n) is 12.9. The topological polar surface area (TPSA) is 71.1 Å². The molecule has 0 aromatic heterocycles. The third-order valence-corrected chi connectivity index (χ3v) is 11.6. The van der Waals surface area contributed by atoms with E-state index in [2.05, 4.69) is 45.9 Å². The molecule has 5 aliphatic rings. The van der Waals surface area contributed by atoms with Crippen molar-refractivity contribution >= 4 is 28.6 Å². The molecule has 190 valence electrons. The minimum atomic E-state index is -2.00. The highest BCUT2D eigenvalue weighted by Gasteiger charge is 2.86. The van der Waals surface area contributed by atoms with Crippen molar-refractivity contribution in [3.05, 3.63) is 12.2 Å². The summed E-state index contributed by atoms with van der Waals surface area (Å²) < 4.78 is 25.8. The van der Waals surface area contributed by atoms with Crippen LogP contribution in [0.25, 0.3) is 0 Å². The highest BCUT2D eigenvalue weighted by atomic mass is 28.4. The van der Waals surface area contributed by atoms with Crippen molar-refractivity contribution in [2.24, 2.45) is 34.5 Å². The number of rotatable bonds is 5. The van der Waals surface area contributed by atoms with Crippen LogP contribution in [0.3, 0.4) is 0 Å². The second kappa shape index (κ2) is 7.29. The van der Waals surface area contributed by atoms with Crippen molar-refractivity contribution in [1.29, 1.82) is 0 Å². The average Bonchev–Trinajstić information content (AvgIpc) is 3.18. The Morgan fingerprint density at radius 3 is 2.26 bits per heavy atom. The standard InChI is InChI=1S/C26H42O6Si2/c1-15-13-25-14-16(15)10-11-17(25)26-19(32-34(7,8)9)12-18(31-33(4,5)6)24(2,23(28)30-26)21(26)20(25)22(27)29-3/h16-21H,1,10-14H2,2-9H3/t16?,17?,18-,19-,20-,21-,24?,25+,26+/m1/s1. The highest BCUT2D eigenvalue weighted by Crippen LogP contribution is 2.78. The van der Waals surface area contributed by atoms with Crippen LogP contribution in [0.1, 0.15) is 39.0 Å². The van der Waals surface area contributed by atoms with E-state index in [1.807, 2.05) is 6.92 Å². The van der Waals surface area contributed by atoms with E-state index >= 15 is 0 Å². The molecule has 5 rings (SSSR count). The minimum Gasteiger partial charge on any atom is -0.469 e. The molecular formula is C26H42O6Si2. The summed E-state index contributed by atoms with van der Waals surface area (Å²) in [4.78, 5) is 27.6. The SMILES string of the molecule is C=C1C[C@]23CC1CCC2[C@@]12OC(=O)C(C)([C@H]1[C@@H]3C(=O)OC)[C@H](O[Si](C)(C)C)C[C@H]2O[Si](C)(C)C. The van der Waals surface area contributed by atoms with E-state index in [0.29, 0.717) is 12.3 Å². The summed E-state index contributed by atoms with van der Waals surface area (Å²) in [5.41, 5.74) is -0.741. The highest BCUT2D eigenvalue weighted by molar-refractivity contribution is 6.70. The Kier molecular flexibility index (Phi) is 5.30. The molecular weight excluding hydrogens is 464 g/mol. The summed E-state index contributed by atoms with van der Waals surface area (Å²) in [6.07, 6.45) is 3.75. The van der Waals surface area contributed by atoms with Gasteiger partial charge < -0.3 is 18.3 Å². The maximum absolute atomic E-state index is 13.9. The predicted molar refractivity (Wildman–Crippen MR) is 134 cm³/mol. The summed E-state index contributed by atoms with van der Waals surface area (Å²) >= 11 is 0. The quantitative estimate of drug-likeness (QED) is 0.300. The first-order chi connectivity index (χ1) is 15.6. The number of carbonyl (C=O) groups excluding carboxylic acids is 2. The smallest absolute Gasteiger partial charge is 0.315 e. The first-order valence-corrected chi connectivity index (χ1v) is 19.8. The zero-order valence-electron chi connectivity index (χ0n) is 22.2. The minimum absolute atomic E-state index is 0.0737. The summed E-state index contributed by atoms with van der Waals surface area (Å²) in [6, 6.07) is 0. The molecule has 0 radical (unpaired) electrons. The van der Waals surface area contributed by atoms with Crippen LogP contribution in [-0.4, -0.2) is 53.5 Å². The number of allylic oxidation sites excluding steroid dienone is 1. The van der Waals surface area contributed by atoms with Gasteiger partial charge in [0.25, 0.3) is 0 Å². The third kappa shape index (κ3) is 3.10. The van der Waals surface area contributed by atoms with Gasteiger partial charge in [0.05, 0.1) is 30.7 Å². The Hall–Kier alpha value is -0.966. The molecule has 34 heavy (non-hydrogen) atoms. The zero-order valence-corrected chi connectivity index (χ0v) is 24.2. The van der Waals surface area contributed by atoms with Gasteiger partial charge in [-0.3, -0.25) is 9.59 Å². The van der Waals surface area contributed by atoms with Crippen molar-refractivity contribution in [3.63, 3.8) is 0 Å². The largest absolute Gasteiger partial charge is 0.469 e. The molecule has 0 aromatic rings. The molecule has 1 spiro atoms. The van der Waals surface area contributed by atoms with E-state index < -0.39 is 33.6 Å². The summed E-state index contributed by atoms with van der Waals surface area (Å²) in [5, 5.41) is 0.